The van der Waals surface area contributed by atoms with Crippen LogP contribution in [0.5, 0.6) is 0 Å². The molecule has 0 bridgehead atoms. The molecule has 0 spiro atoms. The summed E-state index contributed by atoms with van der Waals surface area (Å²) in [6.07, 6.45) is 20.1. The molecule has 2 aliphatic carbocycles. The number of nitrogens with zero attached hydrogens (tertiary/aromatic N) is 2. The summed E-state index contributed by atoms with van der Waals surface area (Å²) in [6.45, 7) is 5.27. The Morgan fingerprint density at radius 1 is 0.941 bits per heavy atom. The number of hydrogen-bond acceptors (Lipinski definition) is 3. The molecular weight excluding hydrogens is 545 g/mol. The van der Waals surface area contributed by atoms with Gasteiger partial charge in [-0.1, -0.05) is 18.2 Å². The topological polar surface area (TPSA) is 35.0 Å². The van der Waals surface area contributed by atoms with Crippen LogP contribution in [0.1, 0.15) is 56.9 Å². The summed E-state index contributed by atoms with van der Waals surface area (Å²) >= 11 is 1.65. The summed E-state index contributed by atoms with van der Waals surface area (Å²) in [4.78, 5) is 8.63. The molecule has 2 aliphatic rings. The molecule has 0 saturated heterocycles. The van der Waals surface area contributed by atoms with Gasteiger partial charge in [-0.2, -0.15) is 0 Å². The van der Waals surface area contributed by atoms with Crippen LogP contribution in [0.2, 0.25) is 0 Å². The Bertz CT molecular complexity index is 955. The second-order valence-electron chi connectivity index (χ2n) is 9.73. The highest BCUT2D eigenvalue weighted by molar-refractivity contribution is 14.1. The molecule has 0 amide bonds. The lowest BCUT2D eigenvalue weighted by atomic mass is 9.69. The van der Waals surface area contributed by atoms with E-state index in [1.165, 1.54) is 63.5 Å². The molecule has 34 heavy (non-hydrogen) atoms. The van der Waals surface area contributed by atoms with E-state index < -0.39 is 11.6 Å². The van der Waals surface area contributed by atoms with Crippen LogP contribution in [-0.4, -0.2) is 23.2 Å². The minimum Gasteiger partial charge on any atom is -0.377 e. The number of hydrogen-bond donors (Lipinski definition) is 0. The van der Waals surface area contributed by atoms with Crippen molar-refractivity contribution in [1.29, 1.82) is 0 Å². The third-order valence-electron chi connectivity index (χ3n) is 7.44. The smallest absolute Gasteiger partial charge is 0.159 e. The Labute approximate surface area is 215 Å². The molecule has 0 radical (unpaired) electrons. The Morgan fingerprint density at radius 3 is 2.12 bits per heavy atom. The van der Waals surface area contributed by atoms with Gasteiger partial charge in [0, 0.05) is 30.1 Å². The van der Waals surface area contributed by atoms with E-state index >= 15 is 0 Å². The summed E-state index contributed by atoms with van der Waals surface area (Å²) < 4.78 is 33.3. The van der Waals surface area contributed by atoms with E-state index in [1.54, 1.807) is 35.0 Å². The van der Waals surface area contributed by atoms with E-state index in [0.717, 1.165) is 29.9 Å². The van der Waals surface area contributed by atoms with Crippen LogP contribution < -0.4 is 0 Å². The molecule has 0 unspecified atom stereocenters. The molecule has 182 valence electrons. The van der Waals surface area contributed by atoms with Gasteiger partial charge in [-0.25, -0.2) is 18.7 Å². The van der Waals surface area contributed by atoms with Crippen LogP contribution in [0.4, 0.5) is 8.78 Å². The molecule has 0 N–H and O–H groups in total. The number of ether oxygens (including phenoxy) is 1. The highest BCUT2D eigenvalue weighted by atomic mass is 127. The first kappa shape index (κ1) is 25.4. The fourth-order valence-electron chi connectivity index (χ4n) is 5.46. The normalized spacial score (nSPS) is 25.5. The second-order valence-corrected chi connectivity index (χ2v) is 10.8. The summed E-state index contributed by atoms with van der Waals surface area (Å²) in [5.41, 5.74) is 1.26. The second kappa shape index (κ2) is 12.3. The van der Waals surface area contributed by atoms with Gasteiger partial charge in [-0.05, 0) is 110 Å². The summed E-state index contributed by atoms with van der Waals surface area (Å²) in [5.74, 6) is 2.23. The van der Waals surface area contributed by atoms with E-state index in [4.69, 9.17) is 4.74 Å². The van der Waals surface area contributed by atoms with Gasteiger partial charge in [0.2, 0.25) is 0 Å². The molecule has 2 aromatic rings. The predicted octanol–water partition coefficient (Wildman–Crippen LogP) is 7.86. The monoisotopic (exact) mass is 578 g/mol. The maximum atomic E-state index is 13.8. The predicted molar refractivity (Wildman–Crippen MR) is 141 cm³/mol. The van der Waals surface area contributed by atoms with E-state index in [-0.39, 0.29) is 3.57 Å². The zero-order chi connectivity index (χ0) is 23.9. The van der Waals surface area contributed by atoms with Crippen molar-refractivity contribution in [2.24, 2.45) is 23.7 Å². The van der Waals surface area contributed by atoms with Crippen molar-refractivity contribution in [1.82, 2.24) is 9.97 Å². The Hall–Kier alpha value is -1.67. The van der Waals surface area contributed by atoms with Gasteiger partial charge in [-0.15, -0.1) is 6.58 Å². The highest BCUT2D eigenvalue weighted by Gasteiger charge is 2.30. The summed E-state index contributed by atoms with van der Waals surface area (Å²) in [5, 5.41) is 0. The van der Waals surface area contributed by atoms with Crippen molar-refractivity contribution >= 4 is 28.7 Å². The molecular formula is C28H33F2IN2O. The van der Waals surface area contributed by atoms with Crippen LogP contribution in [-0.2, 0) is 4.74 Å². The minimum absolute atomic E-state index is 0.0165. The number of aromatic nitrogens is 2. The molecule has 0 aliphatic heterocycles. The van der Waals surface area contributed by atoms with Crippen molar-refractivity contribution < 1.29 is 13.5 Å². The van der Waals surface area contributed by atoms with Gasteiger partial charge in [-0.3, -0.25) is 0 Å². The van der Waals surface area contributed by atoms with Gasteiger partial charge >= 0.3 is 0 Å². The highest BCUT2D eigenvalue weighted by Crippen LogP contribution is 2.41. The Balaban J connectivity index is 1.23. The first-order valence-electron chi connectivity index (χ1n) is 12.4. The van der Waals surface area contributed by atoms with Crippen molar-refractivity contribution in [3.8, 4) is 11.4 Å². The lowest BCUT2D eigenvalue weighted by molar-refractivity contribution is 0.0800. The average molecular weight is 578 g/mol. The third-order valence-corrected chi connectivity index (χ3v) is 8.47. The Kier molecular flexibility index (Phi) is 9.23. The van der Waals surface area contributed by atoms with Gasteiger partial charge < -0.3 is 4.74 Å². The van der Waals surface area contributed by atoms with Crippen LogP contribution >= 0.6 is 22.6 Å². The number of halogens is 3. The van der Waals surface area contributed by atoms with Crippen molar-refractivity contribution in [3.05, 3.63) is 64.0 Å². The third kappa shape index (κ3) is 6.72. The Morgan fingerprint density at radius 2 is 1.53 bits per heavy atom. The fraction of sp³-hybridized carbons (Fsp3) is 0.500. The maximum absolute atomic E-state index is 13.8. The largest absolute Gasteiger partial charge is 0.377 e. The summed E-state index contributed by atoms with van der Waals surface area (Å²) in [6, 6.07) is 2.55. The number of benzene rings is 1. The SMILES string of the molecule is C=CCOCC1CCC(C2CCC(/C=C/c3cnc(-c4cc(F)c(I)c(F)c4)nc3)CC2)CC1. The number of rotatable bonds is 8. The van der Waals surface area contributed by atoms with Crippen LogP contribution in [0.15, 0.2) is 43.3 Å². The molecule has 2 fully saturated rings. The van der Waals surface area contributed by atoms with Crippen LogP contribution in [0.3, 0.4) is 0 Å². The van der Waals surface area contributed by atoms with E-state index in [0.29, 0.717) is 23.9 Å². The van der Waals surface area contributed by atoms with Gasteiger partial charge in [0.05, 0.1) is 10.2 Å². The molecule has 6 heteroatoms. The first-order chi connectivity index (χ1) is 16.5. The standard InChI is InChI=1S/C28H33F2IN2O/c1-2-13-34-18-20-7-11-23(12-8-20)22-9-5-19(6-10-22)3-4-21-16-32-28(33-17-21)24-14-25(29)27(31)26(30)15-24/h2-4,14-17,19-20,22-23H,1,5-13,18H2/b4-3+. The van der Waals surface area contributed by atoms with Crippen molar-refractivity contribution in [2.75, 3.05) is 13.2 Å². The van der Waals surface area contributed by atoms with E-state index in [1.807, 2.05) is 6.08 Å². The van der Waals surface area contributed by atoms with Gasteiger partial charge in [0.25, 0.3) is 0 Å². The van der Waals surface area contributed by atoms with Crippen LogP contribution in [0.25, 0.3) is 17.5 Å². The minimum atomic E-state index is -0.593. The van der Waals surface area contributed by atoms with E-state index in [2.05, 4.69) is 28.7 Å². The molecule has 0 atom stereocenters. The zero-order valence-corrected chi connectivity index (χ0v) is 21.7. The maximum Gasteiger partial charge on any atom is 0.159 e. The first-order valence-corrected chi connectivity index (χ1v) is 13.4. The molecule has 2 saturated carbocycles. The van der Waals surface area contributed by atoms with Gasteiger partial charge in [0.1, 0.15) is 11.6 Å². The average Bonchev–Trinajstić information content (AvgIpc) is 2.87. The zero-order valence-electron chi connectivity index (χ0n) is 19.6. The molecule has 4 rings (SSSR count). The van der Waals surface area contributed by atoms with Crippen LogP contribution in [0, 0.1) is 38.9 Å². The van der Waals surface area contributed by atoms with Crippen molar-refractivity contribution in [3.63, 3.8) is 0 Å². The molecule has 1 heterocycles. The van der Waals surface area contributed by atoms with E-state index in [9.17, 15) is 8.78 Å². The lowest BCUT2D eigenvalue weighted by Crippen LogP contribution is -2.26. The number of allylic oxidation sites excluding steroid dienone is 1. The molecule has 1 aromatic carbocycles. The fourth-order valence-corrected chi connectivity index (χ4v) is 5.77. The lowest BCUT2D eigenvalue weighted by Gasteiger charge is -2.37. The molecule has 1 aromatic heterocycles. The summed E-state index contributed by atoms with van der Waals surface area (Å²) in [7, 11) is 0. The van der Waals surface area contributed by atoms with Gasteiger partial charge in [0.15, 0.2) is 5.82 Å². The quantitative estimate of drug-likeness (QED) is 0.139. The molecule has 3 nitrogen and oxygen atoms in total. The van der Waals surface area contributed by atoms with Crippen molar-refractivity contribution in [2.45, 2.75) is 51.4 Å².